The van der Waals surface area contributed by atoms with E-state index in [1.54, 1.807) is 48.5 Å². The van der Waals surface area contributed by atoms with Gasteiger partial charge in [0.2, 0.25) is 5.76 Å². The van der Waals surface area contributed by atoms with Gasteiger partial charge in [-0.2, -0.15) is 0 Å². The van der Waals surface area contributed by atoms with Crippen molar-refractivity contribution < 1.29 is 19.1 Å². The summed E-state index contributed by atoms with van der Waals surface area (Å²) in [6.07, 6.45) is 4.53. The molecule has 1 N–H and O–H groups in total. The smallest absolute Gasteiger partial charge is 0.372 e. The average molecular weight is 366 g/mol. The number of carboxylic acids is 1. The summed E-state index contributed by atoms with van der Waals surface area (Å²) < 4.78 is 10.8. The molecule has 0 spiro atoms. The molecule has 0 saturated heterocycles. The summed E-state index contributed by atoms with van der Waals surface area (Å²) in [7, 11) is 0. The van der Waals surface area contributed by atoms with Gasteiger partial charge < -0.3 is 14.3 Å². The molecule has 0 atom stereocenters. The van der Waals surface area contributed by atoms with E-state index in [0.717, 1.165) is 18.6 Å². The Bertz CT molecular complexity index is 986. The van der Waals surface area contributed by atoms with Gasteiger partial charge in [-0.3, -0.25) is 0 Å². The quantitative estimate of drug-likeness (QED) is 0.560. The fourth-order valence-corrected chi connectivity index (χ4v) is 3.07. The van der Waals surface area contributed by atoms with Crippen LogP contribution in [0.5, 0.6) is 5.75 Å². The lowest BCUT2D eigenvalue weighted by Crippen LogP contribution is -2.09. The summed E-state index contributed by atoms with van der Waals surface area (Å²) in [6.45, 7) is 2.82. The van der Waals surface area contributed by atoms with E-state index in [2.05, 4.69) is 6.92 Å². The lowest BCUT2D eigenvalue weighted by Gasteiger charge is -2.11. The van der Waals surface area contributed by atoms with Gasteiger partial charge in [-0.05, 0) is 30.2 Å². The Kier molecular flexibility index (Phi) is 5.91. The van der Waals surface area contributed by atoms with Crippen LogP contribution in [0, 0.1) is 0 Å². The predicted octanol–water partition coefficient (Wildman–Crippen LogP) is 5.12. The first-order chi connectivity index (χ1) is 13.1. The van der Waals surface area contributed by atoms with Crippen molar-refractivity contribution in [1.82, 2.24) is 0 Å². The number of carbonyl (C=O) groups is 1. The summed E-state index contributed by atoms with van der Waals surface area (Å²) in [5.41, 5.74) is 0.400. The van der Waals surface area contributed by atoms with Gasteiger partial charge in [0.15, 0.2) is 0 Å². The number of benzene rings is 2. The lowest BCUT2D eigenvalue weighted by molar-refractivity contribution is 0.0659. The number of aromatic carboxylic acids is 1. The molecule has 1 aromatic heterocycles. The van der Waals surface area contributed by atoms with Crippen molar-refractivity contribution >= 4 is 16.7 Å². The summed E-state index contributed by atoms with van der Waals surface area (Å²) in [6, 6.07) is 14.0. The fourth-order valence-electron chi connectivity index (χ4n) is 3.07. The van der Waals surface area contributed by atoms with Crippen LogP contribution in [0.3, 0.4) is 0 Å². The van der Waals surface area contributed by atoms with Gasteiger partial charge in [-0.15, -0.1) is 0 Å². The van der Waals surface area contributed by atoms with E-state index in [9.17, 15) is 14.7 Å². The molecule has 2 aromatic carbocycles. The fraction of sp³-hybridized carbons (Fsp3) is 0.273. The molecule has 27 heavy (non-hydrogen) atoms. The first-order valence-electron chi connectivity index (χ1n) is 9.14. The van der Waals surface area contributed by atoms with Gasteiger partial charge in [-0.25, -0.2) is 9.59 Å². The molecule has 3 aromatic rings. The van der Waals surface area contributed by atoms with Crippen LogP contribution < -0.4 is 10.4 Å². The van der Waals surface area contributed by atoms with Gasteiger partial charge in [0.25, 0.3) is 0 Å². The van der Waals surface area contributed by atoms with Crippen molar-refractivity contribution in [2.24, 2.45) is 0 Å². The SMILES string of the molecule is CCCCCCOc1ccc(-c2c(C(=O)O)oc(=O)c3ccccc23)cc1. The third-order valence-corrected chi connectivity index (χ3v) is 4.44. The zero-order valence-electron chi connectivity index (χ0n) is 15.2. The molecular weight excluding hydrogens is 344 g/mol. The molecule has 0 radical (unpaired) electrons. The molecule has 3 rings (SSSR count). The van der Waals surface area contributed by atoms with Crippen molar-refractivity contribution in [3.63, 3.8) is 0 Å². The number of carboxylic acid groups (broad SMARTS) is 1. The highest BCUT2D eigenvalue weighted by Gasteiger charge is 2.20. The van der Waals surface area contributed by atoms with Crippen LogP contribution in [0.25, 0.3) is 21.9 Å². The van der Waals surface area contributed by atoms with Gasteiger partial charge in [0.05, 0.1) is 12.0 Å². The van der Waals surface area contributed by atoms with Crippen molar-refractivity contribution in [2.75, 3.05) is 6.61 Å². The van der Waals surface area contributed by atoms with Crippen LogP contribution in [0.4, 0.5) is 0 Å². The molecule has 1 heterocycles. The maximum absolute atomic E-state index is 12.1. The summed E-state index contributed by atoms with van der Waals surface area (Å²) in [4.78, 5) is 23.7. The summed E-state index contributed by atoms with van der Waals surface area (Å²) >= 11 is 0. The second kappa shape index (κ2) is 8.54. The molecular formula is C22H22O5. The summed E-state index contributed by atoms with van der Waals surface area (Å²) in [5.74, 6) is -0.898. The van der Waals surface area contributed by atoms with Crippen LogP contribution in [-0.4, -0.2) is 17.7 Å². The molecule has 0 unspecified atom stereocenters. The predicted molar refractivity (Wildman–Crippen MR) is 105 cm³/mol. The van der Waals surface area contributed by atoms with Crippen LogP contribution in [-0.2, 0) is 0 Å². The number of hydrogen-bond donors (Lipinski definition) is 1. The third-order valence-electron chi connectivity index (χ3n) is 4.44. The second-order valence-corrected chi connectivity index (χ2v) is 6.38. The Morgan fingerprint density at radius 3 is 2.37 bits per heavy atom. The highest BCUT2D eigenvalue weighted by atomic mass is 16.5. The van der Waals surface area contributed by atoms with Gasteiger partial charge in [0.1, 0.15) is 5.75 Å². The van der Waals surface area contributed by atoms with E-state index in [1.165, 1.54) is 12.8 Å². The zero-order chi connectivity index (χ0) is 19.2. The van der Waals surface area contributed by atoms with Gasteiger partial charge in [0, 0.05) is 10.9 Å². The van der Waals surface area contributed by atoms with Crippen molar-refractivity contribution in [2.45, 2.75) is 32.6 Å². The molecule has 0 aliphatic heterocycles. The Balaban J connectivity index is 1.93. The maximum atomic E-state index is 12.1. The Morgan fingerprint density at radius 2 is 1.70 bits per heavy atom. The molecule has 0 fully saturated rings. The number of rotatable bonds is 8. The summed E-state index contributed by atoms with van der Waals surface area (Å²) in [5, 5.41) is 10.4. The minimum absolute atomic E-state index is 0.355. The maximum Gasteiger partial charge on any atom is 0.372 e. The molecule has 0 saturated carbocycles. The van der Waals surface area contributed by atoms with Crippen molar-refractivity contribution in [3.8, 4) is 16.9 Å². The normalized spacial score (nSPS) is 10.9. The highest BCUT2D eigenvalue weighted by Crippen LogP contribution is 2.31. The van der Waals surface area contributed by atoms with E-state index in [4.69, 9.17) is 9.15 Å². The molecule has 0 amide bonds. The first-order valence-corrected chi connectivity index (χ1v) is 9.14. The minimum Gasteiger partial charge on any atom is -0.494 e. The standard InChI is InChI=1S/C22H22O5/c1-2-3-4-7-14-26-16-12-10-15(11-13-16)19-17-8-5-6-9-18(17)22(25)27-20(19)21(23)24/h5-6,8-13H,2-4,7,14H2,1H3,(H,23,24). The lowest BCUT2D eigenvalue weighted by atomic mass is 9.98. The van der Waals surface area contributed by atoms with Crippen LogP contribution >= 0.6 is 0 Å². The zero-order valence-corrected chi connectivity index (χ0v) is 15.2. The number of unbranched alkanes of at least 4 members (excludes halogenated alkanes) is 3. The van der Waals surface area contributed by atoms with Crippen molar-refractivity contribution in [1.29, 1.82) is 0 Å². The largest absolute Gasteiger partial charge is 0.494 e. The van der Waals surface area contributed by atoms with Gasteiger partial charge in [-0.1, -0.05) is 56.5 Å². The highest BCUT2D eigenvalue weighted by molar-refractivity contribution is 6.04. The molecule has 0 aliphatic rings. The van der Waals surface area contributed by atoms with E-state index >= 15 is 0 Å². The topological polar surface area (TPSA) is 76.7 Å². The third kappa shape index (κ3) is 4.19. The van der Waals surface area contributed by atoms with Crippen LogP contribution in [0.15, 0.2) is 57.7 Å². The average Bonchev–Trinajstić information content (AvgIpc) is 2.68. The minimum atomic E-state index is -1.27. The van der Waals surface area contributed by atoms with Gasteiger partial charge >= 0.3 is 11.6 Å². The van der Waals surface area contributed by atoms with Crippen LogP contribution in [0.1, 0.15) is 43.2 Å². The molecule has 0 bridgehead atoms. The monoisotopic (exact) mass is 366 g/mol. The molecule has 0 aliphatic carbocycles. The molecule has 5 heteroatoms. The Labute approximate surface area is 157 Å². The Hall–Kier alpha value is -3.08. The molecule has 5 nitrogen and oxygen atoms in total. The van der Waals surface area contributed by atoms with Crippen molar-refractivity contribution in [3.05, 3.63) is 64.7 Å². The number of hydrogen-bond acceptors (Lipinski definition) is 4. The van der Waals surface area contributed by atoms with Crippen LogP contribution in [0.2, 0.25) is 0 Å². The first kappa shape index (κ1) is 18.7. The van der Waals surface area contributed by atoms with E-state index in [-0.39, 0.29) is 5.76 Å². The van der Waals surface area contributed by atoms with E-state index < -0.39 is 11.6 Å². The second-order valence-electron chi connectivity index (χ2n) is 6.38. The Morgan fingerprint density at radius 1 is 1.00 bits per heavy atom. The van der Waals surface area contributed by atoms with E-state index in [1.807, 2.05) is 0 Å². The number of ether oxygens (including phenoxy) is 1. The van der Waals surface area contributed by atoms with E-state index in [0.29, 0.717) is 28.5 Å². The molecule has 140 valence electrons. The number of fused-ring (bicyclic) bond motifs is 1.